The van der Waals surface area contributed by atoms with Crippen LogP contribution in [0.25, 0.3) is 0 Å². The van der Waals surface area contributed by atoms with E-state index in [2.05, 4.69) is 43.4 Å². The normalized spacial score (nSPS) is 11.4. The van der Waals surface area contributed by atoms with Crippen molar-refractivity contribution in [1.29, 1.82) is 0 Å². The first-order valence-electron chi connectivity index (χ1n) is 6.36. The summed E-state index contributed by atoms with van der Waals surface area (Å²) in [5.41, 5.74) is 1.27. The molecule has 3 nitrogen and oxygen atoms in total. The fourth-order valence-electron chi connectivity index (χ4n) is 1.61. The minimum absolute atomic E-state index is 0.0273. The summed E-state index contributed by atoms with van der Waals surface area (Å²) >= 11 is 1.86. The van der Waals surface area contributed by atoms with Crippen LogP contribution in [0, 0.1) is 0 Å². The van der Waals surface area contributed by atoms with Gasteiger partial charge in [0.25, 0.3) is 0 Å². The van der Waals surface area contributed by atoms with Crippen LogP contribution in [0.5, 0.6) is 0 Å². The van der Waals surface area contributed by atoms with Gasteiger partial charge >= 0.3 is 0 Å². The summed E-state index contributed by atoms with van der Waals surface area (Å²) in [5.74, 6) is 0. The van der Waals surface area contributed by atoms with Crippen LogP contribution in [0.3, 0.4) is 0 Å². The minimum Gasteiger partial charge on any atom is -0.395 e. The van der Waals surface area contributed by atoms with Gasteiger partial charge in [0.15, 0.2) is 0 Å². The number of aliphatic hydroxyl groups excluding tert-OH is 2. The van der Waals surface area contributed by atoms with Gasteiger partial charge in [0.2, 0.25) is 0 Å². The topological polar surface area (TPSA) is 52.5 Å². The first-order chi connectivity index (χ1) is 8.65. The molecular formula is C14H23NO2S. The molecule has 0 atom stereocenters. The zero-order chi connectivity index (χ0) is 13.4. The average Bonchev–Trinajstić information content (AvgIpc) is 2.36. The van der Waals surface area contributed by atoms with Crippen molar-refractivity contribution in [2.45, 2.75) is 36.5 Å². The molecule has 0 fully saturated rings. The number of nitrogens with one attached hydrogen (secondary N) is 1. The number of thioether (sulfide) groups is 1. The number of hydrogen-bond acceptors (Lipinski definition) is 4. The molecule has 102 valence electrons. The summed E-state index contributed by atoms with van der Waals surface area (Å²) in [6.07, 6.45) is 0.906. The number of benzene rings is 1. The number of rotatable bonds is 8. The van der Waals surface area contributed by atoms with Gasteiger partial charge in [-0.15, -0.1) is 11.8 Å². The lowest BCUT2D eigenvalue weighted by Crippen LogP contribution is -2.36. The van der Waals surface area contributed by atoms with Crippen LogP contribution in [0.1, 0.15) is 19.4 Å². The molecule has 0 amide bonds. The molecule has 0 saturated carbocycles. The highest BCUT2D eigenvalue weighted by molar-refractivity contribution is 7.99. The summed E-state index contributed by atoms with van der Waals surface area (Å²) in [6.45, 7) is 5.09. The van der Waals surface area contributed by atoms with Crippen molar-refractivity contribution in [2.75, 3.05) is 19.8 Å². The van der Waals surface area contributed by atoms with E-state index < -0.39 is 0 Å². The van der Waals surface area contributed by atoms with Crippen molar-refractivity contribution < 1.29 is 10.2 Å². The Hall–Kier alpha value is -0.550. The molecule has 0 aliphatic heterocycles. The summed E-state index contributed by atoms with van der Waals surface area (Å²) in [5, 5.41) is 21.5. The van der Waals surface area contributed by atoms with E-state index in [4.69, 9.17) is 10.2 Å². The van der Waals surface area contributed by atoms with Gasteiger partial charge in [0.1, 0.15) is 0 Å². The first kappa shape index (κ1) is 15.5. The third-order valence-corrected chi connectivity index (χ3v) is 3.60. The van der Waals surface area contributed by atoms with Crippen molar-refractivity contribution in [2.24, 2.45) is 0 Å². The SMILES string of the molecule is CC(C)Sc1ccc(CCNC(CO)CO)cc1. The Morgan fingerprint density at radius 2 is 1.72 bits per heavy atom. The maximum Gasteiger partial charge on any atom is 0.0607 e. The van der Waals surface area contributed by atoms with Gasteiger partial charge in [-0.05, 0) is 30.7 Å². The Labute approximate surface area is 114 Å². The Bertz CT molecular complexity index is 323. The zero-order valence-corrected chi connectivity index (χ0v) is 11.9. The molecule has 0 spiro atoms. The third kappa shape index (κ3) is 5.87. The highest BCUT2D eigenvalue weighted by Crippen LogP contribution is 2.22. The molecule has 18 heavy (non-hydrogen) atoms. The smallest absolute Gasteiger partial charge is 0.0607 e. The highest BCUT2D eigenvalue weighted by atomic mass is 32.2. The monoisotopic (exact) mass is 269 g/mol. The van der Waals surface area contributed by atoms with E-state index in [-0.39, 0.29) is 19.3 Å². The van der Waals surface area contributed by atoms with E-state index in [1.165, 1.54) is 10.5 Å². The predicted octanol–water partition coefficient (Wildman–Crippen LogP) is 1.67. The van der Waals surface area contributed by atoms with E-state index in [0.717, 1.165) is 13.0 Å². The first-order valence-corrected chi connectivity index (χ1v) is 7.24. The maximum atomic E-state index is 8.92. The lowest BCUT2D eigenvalue weighted by molar-refractivity contribution is 0.171. The highest BCUT2D eigenvalue weighted by Gasteiger charge is 2.04. The second kappa shape index (κ2) is 8.53. The lowest BCUT2D eigenvalue weighted by atomic mass is 10.1. The van der Waals surface area contributed by atoms with Crippen LogP contribution < -0.4 is 5.32 Å². The minimum atomic E-state index is -0.208. The van der Waals surface area contributed by atoms with E-state index >= 15 is 0 Å². The molecule has 3 N–H and O–H groups in total. The van der Waals surface area contributed by atoms with Crippen LogP contribution >= 0.6 is 11.8 Å². The van der Waals surface area contributed by atoms with Gasteiger partial charge in [0.05, 0.1) is 19.3 Å². The summed E-state index contributed by atoms with van der Waals surface area (Å²) in [7, 11) is 0. The molecule has 0 heterocycles. The van der Waals surface area contributed by atoms with Crippen LogP contribution in [0.2, 0.25) is 0 Å². The Morgan fingerprint density at radius 3 is 2.22 bits per heavy atom. The Morgan fingerprint density at radius 1 is 1.11 bits per heavy atom. The van der Waals surface area contributed by atoms with Crippen LogP contribution in [-0.4, -0.2) is 41.3 Å². The van der Waals surface area contributed by atoms with Gasteiger partial charge in [-0.25, -0.2) is 0 Å². The maximum absolute atomic E-state index is 8.92. The molecule has 0 unspecified atom stereocenters. The van der Waals surface area contributed by atoms with Crippen molar-refractivity contribution >= 4 is 11.8 Å². The molecule has 0 aliphatic rings. The van der Waals surface area contributed by atoms with E-state index in [1.807, 2.05) is 11.8 Å². The molecule has 0 saturated heterocycles. The number of hydrogen-bond donors (Lipinski definition) is 3. The second-order valence-electron chi connectivity index (χ2n) is 4.58. The zero-order valence-electron chi connectivity index (χ0n) is 11.1. The molecule has 1 aromatic carbocycles. The quantitative estimate of drug-likeness (QED) is 0.628. The average molecular weight is 269 g/mol. The van der Waals surface area contributed by atoms with Gasteiger partial charge in [0, 0.05) is 10.1 Å². The van der Waals surface area contributed by atoms with E-state index in [0.29, 0.717) is 5.25 Å². The van der Waals surface area contributed by atoms with Crippen LogP contribution in [-0.2, 0) is 6.42 Å². The molecule has 0 radical (unpaired) electrons. The van der Waals surface area contributed by atoms with Crippen molar-refractivity contribution in [3.05, 3.63) is 29.8 Å². The molecule has 0 aliphatic carbocycles. The summed E-state index contributed by atoms with van der Waals surface area (Å²) < 4.78 is 0. The standard InChI is InChI=1S/C14H23NO2S/c1-11(2)18-14-5-3-12(4-6-14)7-8-15-13(9-16)10-17/h3-6,11,13,15-17H,7-10H2,1-2H3. The van der Waals surface area contributed by atoms with Crippen molar-refractivity contribution in [3.8, 4) is 0 Å². The van der Waals surface area contributed by atoms with Crippen molar-refractivity contribution in [1.82, 2.24) is 5.32 Å². The molecular weight excluding hydrogens is 246 g/mol. The van der Waals surface area contributed by atoms with Gasteiger partial charge < -0.3 is 15.5 Å². The van der Waals surface area contributed by atoms with Gasteiger partial charge in [-0.1, -0.05) is 26.0 Å². The molecule has 1 aromatic rings. The van der Waals surface area contributed by atoms with Gasteiger partial charge in [-0.2, -0.15) is 0 Å². The molecule has 0 bridgehead atoms. The second-order valence-corrected chi connectivity index (χ2v) is 6.23. The molecule has 1 rings (SSSR count). The fraction of sp³-hybridized carbons (Fsp3) is 0.571. The van der Waals surface area contributed by atoms with E-state index in [1.54, 1.807) is 0 Å². The lowest BCUT2D eigenvalue weighted by Gasteiger charge is -2.13. The fourth-order valence-corrected chi connectivity index (χ4v) is 2.45. The molecule has 0 aromatic heterocycles. The van der Waals surface area contributed by atoms with E-state index in [9.17, 15) is 0 Å². The third-order valence-electron chi connectivity index (χ3n) is 2.58. The van der Waals surface area contributed by atoms with Gasteiger partial charge in [-0.3, -0.25) is 0 Å². The summed E-state index contributed by atoms with van der Waals surface area (Å²) in [6, 6.07) is 8.37. The van der Waals surface area contributed by atoms with Crippen molar-refractivity contribution in [3.63, 3.8) is 0 Å². The number of aliphatic hydroxyl groups is 2. The summed E-state index contributed by atoms with van der Waals surface area (Å²) in [4.78, 5) is 1.30. The predicted molar refractivity (Wildman–Crippen MR) is 77.1 cm³/mol. The van der Waals surface area contributed by atoms with Crippen LogP contribution in [0.15, 0.2) is 29.2 Å². The Balaban J connectivity index is 2.35. The Kier molecular flexibility index (Phi) is 7.35. The largest absolute Gasteiger partial charge is 0.395 e. The molecule has 4 heteroatoms. The van der Waals surface area contributed by atoms with Crippen LogP contribution in [0.4, 0.5) is 0 Å².